The molecule has 3 aromatic rings. The lowest BCUT2D eigenvalue weighted by molar-refractivity contribution is 0.305. The van der Waals surface area contributed by atoms with E-state index in [4.69, 9.17) is 4.74 Å². The molecule has 0 bridgehead atoms. The molecule has 0 saturated heterocycles. The first-order valence-electron chi connectivity index (χ1n) is 6.56. The third-order valence-corrected chi connectivity index (χ3v) is 3.13. The number of imidazole rings is 1. The summed E-state index contributed by atoms with van der Waals surface area (Å²) in [6, 6.07) is 17.5. The molecular formula is C17H13N3O. The predicted molar refractivity (Wildman–Crippen MR) is 79.1 cm³/mol. The Hall–Kier alpha value is -3.06. The van der Waals surface area contributed by atoms with Crippen LogP contribution in [0.1, 0.15) is 11.1 Å². The molecule has 2 aromatic carbocycles. The SMILES string of the molecule is N#Cc1ccc(-n2ccnc2)cc1OCc1ccccc1. The van der Waals surface area contributed by atoms with E-state index in [1.807, 2.05) is 53.2 Å². The Morgan fingerprint density at radius 1 is 1.14 bits per heavy atom. The van der Waals surface area contributed by atoms with Gasteiger partial charge in [-0.1, -0.05) is 30.3 Å². The van der Waals surface area contributed by atoms with Gasteiger partial charge in [0.1, 0.15) is 18.4 Å². The summed E-state index contributed by atoms with van der Waals surface area (Å²) in [5.41, 5.74) is 2.50. The van der Waals surface area contributed by atoms with Gasteiger partial charge in [-0.05, 0) is 17.7 Å². The molecule has 0 aliphatic carbocycles. The highest BCUT2D eigenvalue weighted by Gasteiger charge is 2.06. The molecule has 0 aliphatic rings. The minimum atomic E-state index is 0.433. The first kappa shape index (κ1) is 12.9. The number of ether oxygens (including phenoxy) is 1. The van der Waals surface area contributed by atoms with Crippen molar-refractivity contribution >= 4 is 0 Å². The molecule has 0 aliphatic heterocycles. The average Bonchev–Trinajstić information content (AvgIpc) is 3.08. The van der Waals surface area contributed by atoms with E-state index in [0.29, 0.717) is 17.9 Å². The highest BCUT2D eigenvalue weighted by atomic mass is 16.5. The molecule has 102 valence electrons. The van der Waals surface area contributed by atoms with Crippen molar-refractivity contribution in [3.05, 3.63) is 78.4 Å². The predicted octanol–water partition coefficient (Wildman–Crippen LogP) is 3.32. The van der Waals surface area contributed by atoms with E-state index in [0.717, 1.165) is 11.3 Å². The summed E-state index contributed by atoms with van der Waals surface area (Å²) in [6.45, 7) is 0.433. The monoisotopic (exact) mass is 275 g/mol. The number of rotatable bonds is 4. The van der Waals surface area contributed by atoms with Crippen molar-refractivity contribution in [2.75, 3.05) is 0 Å². The van der Waals surface area contributed by atoms with Gasteiger partial charge in [0.2, 0.25) is 0 Å². The second kappa shape index (κ2) is 5.93. The third-order valence-electron chi connectivity index (χ3n) is 3.13. The molecule has 4 heteroatoms. The molecule has 0 spiro atoms. The quantitative estimate of drug-likeness (QED) is 0.734. The van der Waals surface area contributed by atoms with Crippen LogP contribution in [0.2, 0.25) is 0 Å². The Bertz CT molecular complexity index is 758. The summed E-state index contributed by atoms with van der Waals surface area (Å²) in [5, 5.41) is 9.19. The lowest BCUT2D eigenvalue weighted by Crippen LogP contribution is -1.99. The van der Waals surface area contributed by atoms with Gasteiger partial charge < -0.3 is 9.30 Å². The van der Waals surface area contributed by atoms with Gasteiger partial charge in [0.05, 0.1) is 17.6 Å². The summed E-state index contributed by atoms with van der Waals surface area (Å²) in [7, 11) is 0. The summed E-state index contributed by atoms with van der Waals surface area (Å²) >= 11 is 0. The van der Waals surface area contributed by atoms with Crippen molar-refractivity contribution in [1.82, 2.24) is 9.55 Å². The molecule has 0 saturated carbocycles. The standard InChI is InChI=1S/C17H13N3O/c18-11-15-6-7-16(20-9-8-19-13-20)10-17(15)21-12-14-4-2-1-3-5-14/h1-10,13H,12H2. The van der Waals surface area contributed by atoms with Crippen LogP contribution in [0.5, 0.6) is 5.75 Å². The number of benzene rings is 2. The Morgan fingerprint density at radius 3 is 2.71 bits per heavy atom. The van der Waals surface area contributed by atoms with Gasteiger partial charge in [-0.15, -0.1) is 0 Å². The van der Waals surface area contributed by atoms with E-state index in [2.05, 4.69) is 11.1 Å². The van der Waals surface area contributed by atoms with Crippen LogP contribution in [-0.2, 0) is 6.61 Å². The van der Waals surface area contributed by atoms with E-state index in [-0.39, 0.29) is 0 Å². The Balaban J connectivity index is 1.86. The second-order valence-electron chi connectivity index (χ2n) is 4.54. The minimum Gasteiger partial charge on any atom is -0.487 e. The van der Waals surface area contributed by atoms with Gasteiger partial charge >= 0.3 is 0 Å². The van der Waals surface area contributed by atoms with Crippen molar-refractivity contribution in [2.24, 2.45) is 0 Å². The van der Waals surface area contributed by atoms with E-state index in [1.165, 1.54) is 0 Å². The van der Waals surface area contributed by atoms with Gasteiger partial charge in [-0.3, -0.25) is 0 Å². The fourth-order valence-electron chi connectivity index (χ4n) is 2.03. The number of hydrogen-bond donors (Lipinski definition) is 0. The largest absolute Gasteiger partial charge is 0.487 e. The van der Waals surface area contributed by atoms with Crippen molar-refractivity contribution in [1.29, 1.82) is 5.26 Å². The maximum absolute atomic E-state index is 9.19. The van der Waals surface area contributed by atoms with Gasteiger partial charge in [0.15, 0.2) is 0 Å². The fraction of sp³-hybridized carbons (Fsp3) is 0.0588. The van der Waals surface area contributed by atoms with Gasteiger partial charge in [0, 0.05) is 18.5 Å². The summed E-state index contributed by atoms with van der Waals surface area (Å²) in [5.74, 6) is 0.576. The molecular weight excluding hydrogens is 262 g/mol. The zero-order chi connectivity index (χ0) is 14.5. The molecule has 0 amide bonds. The number of hydrogen-bond acceptors (Lipinski definition) is 3. The normalized spacial score (nSPS) is 10.0. The number of aromatic nitrogens is 2. The van der Waals surface area contributed by atoms with Gasteiger partial charge in [0.25, 0.3) is 0 Å². The molecule has 3 rings (SSSR count). The van der Waals surface area contributed by atoms with Gasteiger partial charge in [-0.2, -0.15) is 5.26 Å². The molecule has 1 aromatic heterocycles. The summed E-state index contributed by atoms with van der Waals surface area (Å²) in [6.07, 6.45) is 5.27. The number of nitriles is 1. The molecule has 0 fully saturated rings. The second-order valence-corrected chi connectivity index (χ2v) is 4.54. The average molecular weight is 275 g/mol. The van der Waals surface area contributed by atoms with Crippen LogP contribution in [0.4, 0.5) is 0 Å². The molecule has 0 radical (unpaired) electrons. The highest BCUT2D eigenvalue weighted by Crippen LogP contribution is 2.23. The lowest BCUT2D eigenvalue weighted by Gasteiger charge is -2.10. The maximum atomic E-state index is 9.19. The van der Waals surface area contributed by atoms with Crippen molar-refractivity contribution in [3.8, 4) is 17.5 Å². The highest BCUT2D eigenvalue weighted by molar-refractivity contribution is 5.50. The van der Waals surface area contributed by atoms with Crippen LogP contribution in [-0.4, -0.2) is 9.55 Å². The molecule has 1 heterocycles. The zero-order valence-corrected chi connectivity index (χ0v) is 11.3. The summed E-state index contributed by atoms with van der Waals surface area (Å²) < 4.78 is 7.67. The van der Waals surface area contributed by atoms with Crippen LogP contribution in [0.25, 0.3) is 5.69 Å². The smallest absolute Gasteiger partial charge is 0.139 e. The first-order chi connectivity index (χ1) is 10.4. The van der Waals surface area contributed by atoms with Crippen molar-refractivity contribution in [3.63, 3.8) is 0 Å². The summed E-state index contributed by atoms with van der Waals surface area (Å²) in [4.78, 5) is 4.02. The van der Waals surface area contributed by atoms with Gasteiger partial charge in [-0.25, -0.2) is 4.98 Å². The molecule has 4 nitrogen and oxygen atoms in total. The van der Waals surface area contributed by atoms with Crippen LogP contribution >= 0.6 is 0 Å². The lowest BCUT2D eigenvalue weighted by atomic mass is 10.2. The fourth-order valence-corrected chi connectivity index (χ4v) is 2.03. The van der Waals surface area contributed by atoms with Crippen LogP contribution in [0.3, 0.4) is 0 Å². The first-order valence-corrected chi connectivity index (χ1v) is 6.56. The van der Waals surface area contributed by atoms with Crippen LogP contribution < -0.4 is 4.74 Å². The molecule has 0 N–H and O–H groups in total. The van der Waals surface area contributed by atoms with E-state index in [9.17, 15) is 5.26 Å². The van der Waals surface area contributed by atoms with Crippen molar-refractivity contribution in [2.45, 2.75) is 6.61 Å². The zero-order valence-electron chi connectivity index (χ0n) is 11.3. The van der Waals surface area contributed by atoms with E-state index < -0.39 is 0 Å². The topological polar surface area (TPSA) is 50.8 Å². The Kier molecular flexibility index (Phi) is 3.66. The number of nitrogens with zero attached hydrogens (tertiary/aromatic N) is 3. The van der Waals surface area contributed by atoms with E-state index in [1.54, 1.807) is 18.6 Å². The maximum Gasteiger partial charge on any atom is 0.139 e. The third kappa shape index (κ3) is 2.93. The molecule has 0 atom stereocenters. The molecule has 21 heavy (non-hydrogen) atoms. The van der Waals surface area contributed by atoms with Crippen molar-refractivity contribution < 1.29 is 4.74 Å². The van der Waals surface area contributed by atoms with Crippen LogP contribution in [0.15, 0.2) is 67.3 Å². The molecule has 0 unspecified atom stereocenters. The Labute approximate surface area is 122 Å². The Morgan fingerprint density at radius 2 is 2.00 bits per heavy atom. The minimum absolute atomic E-state index is 0.433. The van der Waals surface area contributed by atoms with E-state index >= 15 is 0 Å². The van der Waals surface area contributed by atoms with Crippen LogP contribution in [0, 0.1) is 11.3 Å².